The van der Waals surface area contributed by atoms with Crippen LogP contribution in [0.2, 0.25) is 0 Å². The van der Waals surface area contributed by atoms with Crippen molar-refractivity contribution in [3.05, 3.63) is 78.2 Å². The van der Waals surface area contributed by atoms with Crippen LogP contribution in [0, 0.1) is 11.3 Å². The molecule has 1 aliphatic rings. The highest BCUT2D eigenvalue weighted by atomic mass is 32.2. The molecule has 9 heteroatoms. The number of carbonyl (C=O) groups excluding carboxylic acids is 2. The molecule has 1 aliphatic heterocycles. The molecule has 0 saturated carbocycles. The number of imidazole rings is 1. The number of esters is 1. The van der Waals surface area contributed by atoms with Gasteiger partial charge in [-0.05, 0) is 47.9 Å². The molecule has 3 atom stereocenters. The molecule has 4 rings (SSSR count). The smallest absolute Gasteiger partial charge is 0.317 e. The Labute approximate surface area is 237 Å². The molecule has 0 amide bonds. The van der Waals surface area contributed by atoms with Crippen molar-refractivity contribution in [3.63, 3.8) is 0 Å². The van der Waals surface area contributed by atoms with E-state index in [1.165, 1.54) is 12.5 Å². The molecule has 2 aromatic carbocycles. The Hall–Kier alpha value is -3.46. The van der Waals surface area contributed by atoms with Crippen LogP contribution in [0.25, 0.3) is 0 Å². The molecule has 0 radical (unpaired) electrons. The van der Waals surface area contributed by atoms with E-state index in [1.807, 2.05) is 64.1 Å². The second kappa shape index (κ2) is 11.6. The Kier molecular flexibility index (Phi) is 8.54. The van der Waals surface area contributed by atoms with Crippen LogP contribution in [0.5, 0.6) is 0 Å². The summed E-state index contributed by atoms with van der Waals surface area (Å²) in [5, 5.41) is -0.0958. The zero-order valence-electron chi connectivity index (χ0n) is 23.9. The molecule has 40 heavy (non-hydrogen) atoms. The molecular formula is C31H39N3O5S. The van der Waals surface area contributed by atoms with Gasteiger partial charge in [-0.3, -0.25) is 14.3 Å². The van der Waals surface area contributed by atoms with E-state index in [1.54, 1.807) is 29.8 Å². The Morgan fingerprint density at radius 1 is 1.10 bits per heavy atom. The van der Waals surface area contributed by atoms with Crippen molar-refractivity contribution in [2.45, 2.75) is 76.3 Å². The van der Waals surface area contributed by atoms with Gasteiger partial charge in [-0.15, -0.1) is 0 Å². The number of aromatic nitrogens is 2. The van der Waals surface area contributed by atoms with Gasteiger partial charge in [-0.25, -0.2) is 4.98 Å². The summed E-state index contributed by atoms with van der Waals surface area (Å²) in [7, 11) is -2.22. The van der Waals surface area contributed by atoms with Crippen molar-refractivity contribution in [1.82, 2.24) is 9.55 Å². The number of anilines is 1. The van der Waals surface area contributed by atoms with E-state index >= 15 is 0 Å². The summed E-state index contributed by atoms with van der Waals surface area (Å²) in [6.07, 6.45) is 5.71. The van der Waals surface area contributed by atoms with Gasteiger partial charge >= 0.3 is 5.97 Å². The number of hydrogen-bond acceptors (Lipinski definition) is 6. The van der Waals surface area contributed by atoms with E-state index in [2.05, 4.69) is 9.71 Å². The molecule has 0 bridgehead atoms. The van der Waals surface area contributed by atoms with Crippen LogP contribution in [-0.2, 0) is 37.8 Å². The number of nitrogens with one attached hydrogen (secondary N) is 1. The molecule has 0 spiro atoms. The highest BCUT2D eigenvalue weighted by Crippen LogP contribution is 2.47. The first-order valence-corrected chi connectivity index (χ1v) is 15.2. The Balaban J connectivity index is 1.61. The number of carbonyl (C=O) groups is 2. The number of rotatable bonds is 10. The van der Waals surface area contributed by atoms with Crippen molar-refractivity contribution in [3.8, 4) is 0 Å². The number of hydrogen-bond donors (Lipinski definition) is 1. The average molecular weight is 566 g/mol. The lowest BCUT2D eigenvalue weighted by Gasteiger charge is -2.44. The Morgan fingerprint density at radius 2 is 1.82 bits per heavy atom. The van der Waals surface area contributed by atoms with Crippen LogP contribution in [0.4, 0.5) is 5.69 Å². The molecule has 8 nitrogen and oxygen atoms in total. The average Bonchev–Trinajstić information content (AvgIpc) is 3.32. The number of Topliss-reactive ketones (excluding diaryl/α,β-unsaturated/α-hetero) is 1. The molecule has 3 aromatic rings. The maximum Gasteiger partial charge on any atom is 0.317 e. The lowest BCUT2D eigenvalue weighted by molar-refractivity contribution is -0.182. The zero-order valence-corrected chi connectivity index (χ0v) is 24.7. The summed E-state index contributed by atoms with van der Waals surface area (Å²) in [6, 6.07) is 16.9. The minimum Gasteiger partial charge on any atom is -0.458 e. The summed E-state index contributed by atoms with van der Waals surface area (Å²) in [4.78, 5) is 31.5. The third kappa shape index (κ3) is 6.63. The lowest BCUT2D eigenvalue weighted by atomic mass is 9.65. The quantitative estimate of drug-likeness (QED) is 0.251. The van der Waals surface area contributed by atoms with Crippen LogP contribution < -0.4 is 4.72 Å². The number of ketones is 1. The molecule has 1 saturated heterocycles. The van der Waals surface area contributed by atoms with Crippen LogP contribution >= 0.6 is 0 Å². The van der Waals surface area contributed by atoms with E-state index < -0.39 is 38.8 Å². The van der Waals surface area contributed by atoms with Crippen LogP contribution in [0.3, 0.4) is 0 Å². The molecule has 3 unspecified atom stereocenters. The van der Waals surface area contributed by atoms with Crippen molar-refractivity contribution < 1.29 is 22.7 Å². The van der Waals surface area contributed by atoms with Crippen molar-refractivity contribution in [2.24, 2.45) is 18.4 Å². The molecule has 0 aliphatic carbocycles. The van der Waals surface area contributed by atoms with E-state index in [-0.39, 0.29) is 17.2 Å². The minimum absolute atomic E-state index is 0.0958. The molecule has 2 heterocycles. The Bertz CT molecular complexity index is 1440. The molecule has 1 N–H and O–H groups in total. The van der Waals surface area contributed by atoms with Gasteiger partial charge in [0.25, 0.3) is 10.0 Å². The number of ether oxygens (including phenoxy) is 1. The molecule has 1 aromatic heterocycles. The van der Waals surface area contributed by atoms with Crippen molar-refractivity contribution >= 4 is 27.5 Å². The van der Waals surface area contributed by atoms with Crippen LogP contribution in [0.1, 0.15) is 70.4 Å². The fourth-order valence-corrected chi connectivity index (χ4v) is 6.83. The van der Waals surface area contributed by atoms with Crippen LogP contribution in [0.15, 0.2) is 72.1 Å². The normalized spacial score (nSPS) is 20.7. The first-order chi connectivity index (χ1) is 18.8. The number of aryl methyl sites for hydroxylation is 2. The second-order valence-corrected chi connectivity index (χ2v) is 13.5. The summed E-state index contributed by atoms with van der Waals surface area (Å²) in [5.41, 5.74) is 0.847. The second-order valence-electron chi connectivity index (χ2n) is 11.9. The van der Waals surface area contributed by atoms with Crippen molar-refractivity contribution in [1.29, 1.82) is 0 Å². The topological polar surface area (TPSA) is 107 Å². The summed E-state index contributed by atoms with van der Waals surface area (Å²) >= 11 is 0. The first kappa shape index (κ1) is 29.5. The van der Waals surface area contributed by atoms with Gasteiger partial charge in [0.15, 0.2) is 10.8 Å². The minimum atomic E-state index is -3.91. The zero-order chi connectivity index (χ0) is 29.1. The van der Waals surface area contributed by atoms with E-state index in [0.717, 1.165) is 12.0 Å². The van der Waals surface area contributed by atoms with E-state index in [4.69, 9.17) is 4.74 Å². The van der Waals surface area contributed by atoms with Gasteiger partial charge in [0.1, 0.15) is 11.5 Å². The standard InChI is InChI=1S/C31H39N3O5S/c1-6-16-31(17-15-22-11-8-7-9-12-22)19-25(35)27(29(36)39-31)28(30(2,3)4)23-13-10-14-24(18-23)33-40(37,38)26-20-34(5)21-32-26/h7-14,18,20-21,27-28,33H,6,15-17,19H2,1-5H3. The highest BCUT2D eigenvalue weighted by Gasteiger charge is 2.51. The monoisotopic (exact) mass is 565 g/mol. The predicted molar refractivity (Wildman–Crippen MR) is 154 cm³/mol. The number of nitrogens with zero attached hydrogens (tertiary/aromatic N) is 2. The molecular weight excluding hydrogens is 526 g/mol. The maximum absolute atomic E-state index is 13.8. The first-order valence-electron chi connectivity index (χ1n) is 13.7. The van der Waals surface area contributed by atoms with E-state index in [0.29, 0.717) is 30.5 Å². The van der Waals surface area contributed by atoms with Gasteiger partial charge in [-0.1, -0.05) is 76.6 Å². The maximum atomic E-state index is 13.8. The summed E-state index contributed by atoms with van der Waals surface area (Å²) < 4.78 is 36.1. The van der Waals surface area contributed by atoms with Crippen LogP contribution in [-0.4, -0.2) is 35.3 Å². The van der Waals surface area contributed by atoms with Gasteiger partial charge in [0.05, 0.1) is 6.33 Å². The Morgan fingerprint density at radius 3 is 2.42 bits per heavy atom. The number of sulfonamides is 1. The summed E-state index contributed by atoms with van der Waals surface area (Å²) in [5.74, 6) is -2.13. The molecule has 1 fully saturated rings. The lowest BCUT2D eigenvalue weighted by Crippen LogP contribution is -2.51. The van der Waals surface area contributed by atoms with Gasteiger partial charge in [-0.2, -0.15) is 8.42 Å². The SMILES string of the molecule is CCCC1(CCc2ccccc2)CC(=O)C(C(c2cccc(NS(=O)(=O)c3cn(C)cn3)c2)C(C)(C)C)C(=O)O1. The number of cyclic esters (lactones) is 1. The van der Waals surface area contributed by atoms with Gasteiger partial charge in [0, 0.05) is 31.3 Å². The number of benzene rings is 2. The molecule has 214 valence electrons. The van der Waals surface area contributed by atoms with Crippen molar-refractivity contribution in [2.75, 3.05) is 4.72 Å². The fraction of sp³-hybridized carbons (Fsp3) is 0.452. The predicted octanol–water partition coefficient (Wildman–Crippen LogP) is 5.65. The van der Waals surface area contributed by atoms with E-state index in [9.17, 15) is 18.0 Å². The summed E-state index contributed by atoms with van der Waals surface area (Å²) in [6.45, 7) is 7.97. The highest BCUT2D eigenvalue weighted by molar-refractivity contribution is 7.92. The van der Waals surface area contributed by atoms with Gasteiger partial charge < -0.3 is 9.30 Å². The largest absolute Gasteiger partial charge is 0.458 e. The fourth-order valence-electron chi connectivity index (χ4n) is 5.79. The third-order valence-electron chi connectivity index (χ3n) is 7.55. The third-order valence-corrected chi connectivity index (χ3v) is 8.82. The van der Waals surface area contributed by atoms with Gasteiger partial charge in [0.2, 0.25) is 0 Å².